The van der Waals surface area contributed by atoms with Gasteiger partial charge >= 0.3 is 0 Å². The quantitative estimate of drug-likeness (QED) is 0.564. The Balaban J connectivity index is 4.37. The molecule has 0 saturated heterocycles. The normalized spacial score (nSPS) is 12.4. The molecule has 0 aliphatic carbocycles. The van der Waals surface area contributed by atoms with E-state index in [1.54, 1.807) is 7.11 Å². The molecule has 0 rings (SSSR count). The molecule has 0 aromatic rings. The Kier molecular flexibility index (Phi) is 4.40. The fraction of sp³-hybridized carbons (Fsp3) is 0.429. The van der Waals surface area contributed by atoms with Crippen LogP contribution < -0.4 is 5.73 Å². The zero-order valence-electron chi connectivity index (χ0n) is 6.28. The number of rotatable bonds is 3. The van der Waals surface area contributed by atoms with Crippen LogP contribution in [0.4, 0.5) is 0 Å². The van der Waals surface area contributed by atoms with Crippen molar-refractivity contribution in [2.24, 2.45) is 5.73 Å². The molecular formula is C7H12BrNO. The summed E-state index contributed by atoms with van der Waals surface area (Å²) in [4.78, 5) is 0. The second-order valence-corrected chi connectivity index (χ2v) is 3.06. The molecule has 0 aliphatic heterocycles. The molecule has 2 N–H and O–H groups in total. The first-order valence-corrected chi connectivity index (χ1v) is 3.71. The first kappa shape index (κ1) is 9.72. The molecule has 2 nitrogen and oxygen atoms in total. The van der Waals surface area contributed by atoms with Crippen LogP contribution in [0.25, 0.3) is 0 Å². The molecule has 0 spiro atoms. The van der Waals surface area contributed by atoms with Crippen LogP contribution in [-0.2, 0) is 4.74 Å². The van der Waals surface area contributed by atoms with Crippen molar-refractivity contribution < 1.29 is 4.74 Å². The minimum atomic E-state index is 0.423. The van der Waals surface area contributed by atoms with E-state index in [9.17, 15) is 0 Å². The molecule has 0 aromatic carbocycles. The predicted octanol–water partition coefficient (Wildman–Crippen LogP) is 1.77. The van der Waals surface area contributed by atoms with Crippen LogP contribution in [0.5, 0.6) is 0 Å². The Morgan fingerprint density at radius 3 is 2.30 bits per heavy atom. The molecule has 0 aliphatic rings. The molecule has 58 valence electrons. The Bertz CT molecular complexity index is 159. The third-order valence-electron chi connectivity index (χ3n) is 1.08. The van der Waals surface area contributed by atoms with E-state index >= 15 is 0 Å². The number of hydrogen-bond donors (Lipinski definition) is 1. The maximum atomic E-state index is 5.35. The van der Waals surface area contributed by atoms with Gasteiger partial charge in [-0.1, -0.05) is 22.5 Å². The zero-order valence-corrected chi connectivity index (χ0v) is 7.86. The fourth-order valence-electron chi connectivity index (χ4n) is 0.621. The monoisotopic (exact) mass is 205 g/mol. The number of ether oxygens (including phenoxy) is 1. The van der Waals surface area contributed by atoms with Gasteiger partial charge in [-0.05, 0) is 6.92 Å². The average molecular weight is 206 g/mol. The highest BCUT2D eigenvalue weighted by Crippen LogP contribution is 2.17. The molecule has 0 bridgehead atoms. The van der Waals surface area contributed by atoms with Gasteiger partial charge in [-0.2, -0.15) is 0 Å². The maximum Gasteiger partial charge on any atom is 0.132 e. The van der Waals surface area contributed by atoms with Crippen molar-refractivity contribution in [3.05, 3.63) is 22.4 Å². The Morgan fingerprint density at radius 2 is 2.20 bits per heavy atom. The molecule has 3 heteroatoms. The molecule has 0 aromatic heterocycles. The van der Waals surface area contributed by atoms with Crippen LogP contribution in [0, 0.1) is 0 Å². The third kappa shape index (κ3) is 2.54. The van der Waals surface area contributed by atoms with Crippen LogP contribution >= 0.6 is 15.9 Å². The number of allylic oxidation sites excluding steroid dienone is 1. The maximum absolute atomic E-state index is 5.35. The first-order valence-electron chi connectivity index (χ1n) is 2.92. The van der Waals surface area contributed by atoms with Crippen LogP contribution in [-0.4, -0.2) is 13.7 Å². The standard InChI is InChI=1S/C7H12BrNO/c1-5(4-9)7(10-3)6(2)8/h1,4,9H2,2-3H3/b7-6-. The third-order valence-corrected chi connectivity index (χ3v) is 1.44. The van der Waals surface area contributed by atoms with Crippen LogP contribution in [0.15, 0.2) is 22.4 Å². The lowest BCUT2D eigenvalue weighted by molar-refractivity contribution is 0.298. The average Bonchev–Trinajstić information content (AvgIpc) is 1.88. The molecule has 0 atom stereocenters. The summed E-state index contributed by atoms with van der Waals surface area (Å²) in [6, 6.07) is 0. The topological polar surface area (TPSA) is 35.2 Å². The molecule has 0 radical (unpaired) electrons. The van der Waals surface area contributed by atoms with Gasteiger partial charge in [0.2, 0.25) is 0 Å². The van der Waals surface area contributed by atoms with Crippen LogP contribution in [0.1, 0.15) is 6.92 Å². The first-order chi connectivity index (χ1) is 4.63. The minimum absolute atomic E-state index is 0.423. The summed E-state index contributed by atoms with van der Waals surface area (Å²) in [5.41, 5.74) is 6.15. The summed E-state index contributed by atoms with van der Waals surface area (Å²) in [7, 11) is 1.60. The lowest BCUT2D eigenvalue weighted by atomic mass is 10.2. The highest BCUT2D eigenvalue weighted by atomic mass is 79.9. The number of methoxy groups -OCH3 is 1. The van der Waals surface area contributed by atoms with E-state index in [1.165, 1.54) is 0 Å². The van der Waals surface area contributed by atoms with Gasteiger partial charge in [-0.15, -0.1) is 0 Å². The molecule has 0 amide bonds. The lowest BCUT2D eigenvalue weighted by Gasteiger charge is -2.07. The lowest BCUT2D eigenvalue weighted by Crippen LogP contribution is -2.05. The summed E-state index contributed by atoms with van der Waals surface area (Å²) in [6.07, 6.45) is 0. The number of halogens is 1. The van der Waals surface area contributed by atoms with Gasteiger partial charge in [-0.3, -0.25) is 0 Å². The summed E-state index contributed by atoms with van der Waals surface area (Å²) in [6.45, 7) is 6.04. The second kappa shape index (κ2) is 4.52. The molecule has 0 saturated carbocycles. The van der Waals surface area contributed by atoms with E-state index in [-0.39, 0.29) is 0 Å². The summed E-state index contributed by atoms with van der Waals surface area (Å²) < 4.78 is 5.94. The summed E-state index contributed by atoms with van der Waals surface area (Å²) in [5, 5.41) is 0. The van der Waals surface area contributed by atoms with Gasteiger partial charge in [0.15, 0.2) is 0 Å². The van der Waals surface area contributed by atoms with E-state index in [2.05, 4.69) is 22.5 Å². The van der Waals surface area contributed by atoms with Crippen molar-refractivity contribution >= 4 is 15.9 Å². The van der Waals surface area contributed by atoms with Crippen LogP contribution in [0.3, 0.4) is 0 Å². The Hall–Kier alpha value is -0.280. The van der Waals surface area contributed by atoms with Gasteiger partial charge in [-0.25, -0.2) is 0 Å². The van der Waals surface area contributed by atoms with Crippen molar-refractivity contribution in [1.82, 2.24) is 0 Å². The number of nitrogens with two attached hydrogens (primary N) is 1. The second-order valence-electron chi connectivity index (χ2n) is 1.87. The van der Waals surface area contributed by atoms with E-state index < -0.39 is 0 Å². The van der Waals surface area contributed by atoms with E-state index in [0.29, 0.717) is 6.54 Å². The van der Waals surface area contributed by atoms with E-state index in [4.69, 9.17) is 10.5 Å². The van der Waals surface area contributed by atoms with Crippen LogP contribution in [0.2, 0.25) is 0 Å². The number of hydrogen-bond acceptors (Lipinski definition) is 2. The molecule has 0 heterocycles. The van der Waals surface area contributed by atoms with Crippen molar-refractivity contribution in [3.8, 4) is 0 Å². The predicted molar refractivity (Wildman–Crippen MR) is 46.8 cm³/mol. The van der Waals surface area contributed by atoms with E-state index in [1.807, 2.05) is 6.92 Å². The largest absolute Gasteiger partial charge is 0.496 e. The smallest absolute Gasteiger partial charge is 0.132 e. The minimum Gasteiger partial charge on any atom is -0.496 e. The Labute approximate surface area is 69.9 Å². The van der Waals surface area contributed by atoms with Gasteiger partial charge in [0.25, 0.3) is 0 Å². The summed E-state index contributed by atoms with van der Waals surface area (Å²) in [5.74, 6) is 0.738. The van der Waals surface area contributed by atoms with Gasteiger partial charge in [0, 0.05) is 16.6 Å². The molecular weight excluding hydrogens is 194 g/mol. The highest BCUT2D eigenvalue weighted by molar-refractivity contribution is 9.11. The van der Waals surface area contributed by atoms with Gasteiger partial charge in [0.1, 0.15) is 5.76 Å². The van der Waals surface area contributed by atoms with Crippen molar-refractivity contribution in [2.75, 3.05) is 13.7 Å². The van der Waals surface area contributed by atoms with E-state index in [0.717, 1.165) is 15.8 Å². The van der Waals surface area contributed by atoms with Gasteiger partial charge < -0.3 is 10.5 Å². The van der Waals surface area contributed by atoms with Gasteiger partial charge in [0.05, 0.1) is 7.11 Å². The van der Waals surface area contributed by atoms with Crippen molar-refractivity contribution in [1.29, 1.82) is 0 Å². The molecule has 0 fully saturated rings. The highest BCUT2D eigenvalue weighted by Gasteiger charge is 2.02. The van der Waals surface area contributed by atoms with Crippen molar-refractivity contribution in [3.63, 3.8) is 0 Å². The summed E-state index contributed by atoms with van der Waals surface area (Å²) >= 11 is 3.28. The SMILES string of the molecule is C=C(CN)/C(OC)=C(\C)Br. The van der Waals surface area contributed by atoms with Crippen molar-refractivity contribution in [2.45, 2.75) is 6.92 Å². The fourth-order valence-corrected chi connectivity index (χ4v) is 1.06. The Morgan fingerprint density at radius 1 is 1.70 bits per heavy atom. The zero-order chi connectivity index (χ0) is 8.15. The molecule has 0 unspecified atom stereocenters. The molecule has 10 heavy (non-hydrogen) atoms.